The molecule has 2 unspecified atom stereocenters. The molecule has 0 saturated carbocycles. The first-order chi connectivity index (χ1) is 16.6. The maximum absolute atomic E-state index is 13.5. The van der Waals surface area contributed by atoms with Gasteiger partial charge in [-0.05, 0) is 40.6 Å². The first-order valence-electron chi connectivity index (χ1n) is 11.7. The number of benzene rings is 2. The van der Waals surface area contributed by atoms with Crippen LogP contribution in [0.4, 0.5) is 0 Å². The third-order valence-electron chi connectivity index (χ3n) is 6.12. The van der Waals surface area contributed by atoms with Crippen molar-refractivity contribution in [2.45, 2.75) is 32.8 Å². The van der Waals surface area contributed by atoms with Crippen LogP contribution in [0.5, 0.6) is 5.75 Å². The van der Waals surface area contributed by atoms with Crippen molar-refractivity contribution in [1.29, 1.82) is 0 Å². The number of rotatable bonds is 13. The van der Waals surface area contributed by atoms with Crippen LogP contribution in [-0.2, 0) is 9.53 Å². The molecule has 0 spiro atoms. The molecule has 0 bridgehead atoms. The Kier molecular flexibility index (Phi) is 9.86. The average molecular weight is 480 g/mol. The van der Waals surface area contributed by atoms with Crippen molar-refractivity contribution in [3.63, 3.8) is 0 Å². The first kappa shape index (κ1) is 25.7. The maximum Gasteiger partial charge on any atom is 0.311 e. The fourth-order valence-corrected chi connectivity index (χ4v) is 4.77. The number of hydrogen-bond donors (Lipinski definition) is 1. The summed E-state index contributed by atoms with van der Waals surface area (Å²) in [4.78, 5) is 26.6. The zero-order valence-corrected chi connectivity index (χ0v) is 20.8. The Bertz CT molecular complexity index is 1010. The van der Waals surface area contributed by atoms with Crippen LogP contribution >= 0.6 is 11.3 Å². The zero-order valence-electron chi connectivity index (χ0n) is 20.0. The normalized spacial score (nSPS) is 12.8. The molecule has 5 nitrogen and oxygen atoms in total. The Morgan fingerprint density at radius 3 is 2.18 bits per heavy atom. The molecule has 0 aliphatic heterocycles. The molecule has 0 saturated heterocycles. The van der Waals surface area contributed by atoms with Crippen LogP contribution in [0.3, 0.4) is 0 Å². The number of hydrogen-bond acceptors (Lipinski definition) is 6. The standard InChI is InChI=1S/C28H33NO4S/c1-4-20(5-2)24(18-29-19-25(30)26-12-9-17-34-26)28(31)33-27(21-10-7-6-8-11-21)22-13-15-23(32-3)16-14-22/h6-17,20,24,27,29H,4-5,18-19H2,1-3H3. The van der Waals surface area contributed by atoms with E-state index in [0.29, 0.717) is 6.54 Å². The van der Waals surface area contributed by atoms with E-state index in [4.69, 9.17) is 9.47 Å². The summed E-state index contributed by atoms with van der Waals surface area (Å²) in [7, 11) is 1.63. The highest BCUT2D eigenvalue weighted by Crippen LogP contribution is 2.30. The molecule has 2 atom stereocenters. The molecule has 1 N–H and O–H groups in total. The zero-order chi connectivity index (χ0) is 24.3. The van der Waals surface area contributed by atoms with Crippen molar-refractivity contribution in [3.05, 3.63) is 88.1 Å². The average Bonchev–Trinajstić information content (AvgIpc) is 3.43. The third-order valence-corrected chi connectivity index (χ3v) is 7.03. The van der Waals surface area contributed by atoms with Gasteiger partial charge < -0.3 is 14.8 Å². The summed E-state index contributed by atoms with van der Waals surface area (Å²) in [6.45, 7) is 4.77. The van der Waals surface area contributed by atoms with E-state index in [2.05, 4.69) is 19.2 Å². The second-order valence-corrected chi connectivity index (χ2v) is 9.16. The number of ether oxygens (including phenoxy) is 2. The first-order valence-corrected chi connectivity index (χ1v) is 12.6. The molecule has 0 fully saturated rings. The van der Waals surface area contributed by atoms with Gasteiger partial charge >= 0.3 is 5.97 Å². The number of nitrogens with one attached hydrogen (secondary N) is 1. The van der Waals surface area contributed by atoms with Crippen LogP contribution in [0.25, 0.3) is 0 Å². The fourth-order valence-electron chi connectivity index (χ4n) is 4.10. The van der Waals surface area contributed by atoms with E-state index < -0.39 is 6.10 Å². The monoisotopic (exact) mass is 479 g/mol. The summed E-state index contributed by atoms with van der Waals surface area (Å²) >= 11 is 1.43. The summed E-state index contributed by atoms with van der Waals surface area (Å²) in [5.41, 5.74) is 1.79. The Labute approximate surface area is 206 Å². The quantitative estimate of drug-likeness (QED) is 0.244. The van der Waals surface area contributed by atoms with Gasteiger partial charge in [-0.15, -0.1) is 11.3 Å². The minimum absolute atomic E-state index is 0.0343. The van der Waals surface area contributed by atoms with E-state index in [1.165, 1.54) is 11.3 Å². The topological polar surface area (TPSA) is 64.6 Å². The van der Waals surface area contributed by atoms with Gasteiger partial charge in [0, 0.05) is 6.54 Å². The maximum atomic E-state index is 13.5. The molecule has 3 aromatic rings. The van der Waals surface area contributed by atoms with E-state index in [1.807, 2.05) is 72.1 Å². The van der Waals surface area contributed by atoms with E-state index in [0.717, 1.165) is 34.6 Å². The molecular formula is C28H33NO4S. The van der Waals surface area contributed by atoms with Crippen LogP contribution in [0.1, 0.15) is 53.6 Å². The van der Waals surface area contributed by atoms with Gasteiger partial charge in [-0.25, -0.2) is 0 Å². The molecule has 0 aliphatic rings. The number of methoxy groups -OCH3 is 1. The summed E-state index contributed by atoms with van der Waals surface area (Å²) in [5.74, 6) is 0.331. The lowest BCUT2D eigenvalue weighted by Crippen LogP contribution is -2.37. The molecular weight excluding hydrogens is 446 g/mol. The highest BCUT2D eigenvalue weighted by atomic mass is 32.1. The van der Waals surface area contributed by atoms with Gasteiger partial charge in [0.05, 0.1) is 24.4 Å². The second kappa shape index (κ2) is 13.1. The van der Waals surface area contributed by atoms with Crippen molar-refractivity contribution in [3.8, 4) is 5.75 Å². The summed E-state index contributed by atoms with van der Waals surface area (Å²) in [6, 6.07) is 21.0. The molecule has 0 amide bonds. The molecule has 1 aromatic heterocycles. The lowest BCUT2D eigenvalue weighted by atomic mass is 9.87. The molecule has 0 radical (unpaired) electrons. The van der Waals surface area contributed by atoms with E-state index in [-0.39, 0.29) is 30.1 Å². The summed E-state index contributed by atoms with van der Waals surface area (Å²) in [5, 5.41) is 5.10. The fraction of sp³-hybridized carbons (Fsp3) is 0.357. The van der Waals surface area contributed by atoms with Crippen LogP contribution in [0.2, 0.25) is 0 Å². The second-order valence-electron chi connectivity index (χ2n) is 8.22. The van der Waals surface area contributed by atoms with Crippen molar-refractivity contribution in [1.82, 2.24) is 5.32 Å². The third kappa shape index (κ3) is 6.78. The van der Waals surface area contributed by atoms with Gasteiger partial charge in [0.15, 0.2) is 11.9 Å². The minimum atomic E-state index is -0.524. The van der Waals surface area contributed by atoms with Crippen LogP contribution in [0.15, 0.2) is 72.1 Å². The summed E-state index contributed by atoms with van der Waals surface area (Å²) < 4.78 is 11.5. The smallest absolute Gasteiger partial charge is 0.311 e. The van der Waals surface area contributed by atoms with Gasteiger partial charge in [-0.2, -0.15) is 0 Å². The number of thiophene rings is 1. The Morgan fingerprint density at radius 1 is 0.912 bits per heavy atom. The van der Waals surface area contributed by atoms with Crippen LogP contribution in [-0.4, -0.2) is 32.0 Å². The number of carbonyl (C=O) groups excluding carboxylic acids is 2. The van der Waals surface area contributed by atoms with Crippen molar-refractivity contribution in [2.75, 3.05) is 20.2 Å². The number of esters is 1. The molecule has 2 aromatic carbocycles. The van der Waals surface area contributed by atoms with Crippen molar-refractivity contribution >= 4 is 23.1 Å². The Morgan fingerprint density at radius 2 is 1.59 bits per heavy atom. The number of Topliss-reactive ketones (excluding diaryl/α,β-unsaturated/α-hetero) is 1. The molecule has 180 valence electrons. The Balaban J connectivity index is 1.77. The molecule has 0 aliphatic carbocycles. The van der Waals surface area contributed by atoms with Gasteiger partial charge in [-0.3, -0.25) is 9.59 Å². The van der Waals surface area contributed by atoms with Crippen molar-refractivity contribution in [2.24, 2.45) is 11.8 Å². The largest absolute Gasteiger partial charge is 0.497 e. The van der Waals surface area contributed by atoms with Crippen LogP contribution in [0, 0.1) is 11.8 Å². The molecule has 6 heteroatoms. The molecule has 3 rings (SSSR count). The molecule has 34 heavy (non-hydrogen) atoms. The van der Waals surface area contributed by atoms with Crippen LogP contribution < -0.4 is 10.1 Å². The Hall–Kier alpha value is -2.96. The van der Waals surface area contributed by atoms with Gasteiger partial charge in [0.1, 0.15) is 5.75 Å². The SMILES string of the molecule is CCC(CC)C(CNCC(=O)c1cccs1)C(=O)OC(c1ccccc1)c1ccc(OC)cc1. The predicted molar refractivity (Wildman–Crippen MR) is 136 cm³/mol. The number of ketones is 1. The van der Waals surface area contributed by atoms with E-state index in [9.17, 15) is 9.59 Å². The van der Waals surface area contributed by atoms with Crippen molar-refractivity contribution < 1.29 is 19.1 Å². The van der Waals surface area contributed by atoms with E-state index >= 15 is 0 Å². The van der Waals surface area contributed by atoms with Gasteiger partial charge in [0.2, 0.25) is 0 Å². The van der Waals surface area contributed by atoms with Gasteiger partial charge in [-0.1, -0.05) is 75.2 Å². The summed E-state index contributed by atoms with van der Waals surface area (Å²) in [6.07, 6.45) is 1.19. The minimum Gasteiger partial charge on any atom is -0.497 e. The highest BCUT2D eigenvalue weighted by molar-refractivity contribution is 7.12. The number of carbonyl (C=O) groups is 2. The predicted octanol–water partition coefficient (Wildman–Crippen LogP) is 5.91. The lowest BCUT2D eigenvalue weighted by Gasteiger charge is -2.27. The van der Waals surface area contributed by atoms with E-state index in [1.54, 1.807) is 7.11 Å². The highest BCUT2D eigenvalue weighted by Gasteiger charge is 2.30. The molecule has 1 heterocycles. The van der Waals surface area contributed by atoms with Gasteiger partial charge in [0.25, 0.3) is 0 Å². The lowest BCUT2D eigenvalue weighted by molar-refractivity contribution is -0.154.